The van der Waals surface area contributed by atoms with E-state index in [1.165, 1.54) is 5.56 Å². The molecule has 8 nitrogen and oxygen atoms in total. The zero-order valence-corrected chi connectivity index (χ0v) is 23.2. The zero-order chi connectivity index (χ0) is 27.5. The molecule has 2 saturated heterocycles. The van der Waals surface area contributed by atoms with Crippen LogP contribution >= 0.6 is 0 Å². The highest BCUT2D eigenvalue weighted by Crippen LogP contribution is 2.29. The van der Waals surface area contributed by atoms with Crippen LogP contribution in [0.2, 0.25) is 0 Å². The van der Waals surface area contributed by atoms with Gasteiger partial charge in [-0.25, -0.2) is 0 Å². The summed E-state index contributed by atoms with van der Waals surface area (Å²) in [5.41, 5.74) is 3.93. The monoisotopic (exact) mass is 535 g/mol. The highest BCUT2D eigenvalue weighted by Gasteiger charge is 2.39. The SMILES string of the molecule is Cc1ccccc1CN1C[C@@H]2C[C@H]1C(=O)NC[C@H]1O[C@H](CCOc3cc(C(C)C)ccc3C(=O)N2)CC[C@@H]1O. The number of hydrogen-bond donors (Lipinski definition) is 3. The third kappa shape index (κ3) is 6.45. The van der Waals surface area contributed by atoms with Crippen molar-refractivity contribution in [1.29, 1.82) is 0 Å². The summed E-state index contributed by atoms with van der Waals surface area (Å²) < 4.78 is 12.4. The maximum atomic E-state index is 13.5. The predicted octanol–water partition coefficient (Wildman–Crippen LogP) is 3.30. The maximum Gasteiger partial charge on any atom is 0.255 e. The molecule has 3 N–H and O–H groups in total. The van der Waals surface area contributed by atoms with Crippen molar-refractivity contribution in [2.75, 3.05) is 19.7 Å². The summed E-state index contributed by atoms with van der Waals surface area (Å²) >= 11 is 0. The molecule has 0 aliphatic carbocycles. The fraction of sp³-hybridized carbons (Fsp3) is 0.548. The number of carbonyl (C=O) groups excluding carboxylic acids is 2. The van der Waals surface area contributed by atoms with Gasteiger partial charge in [0.05, 0.1) is 30.4 Å². The quantitative estimate of drug-likeness (QED) is 0.558. The van der Waals surface area contributed by atoms with E-state index < -0.39 is 18.2 Å². The van der Waals surface area contributed by atoms with Crippen LogP contribution in [-0.2, 0) is 16.1 Å². The molecular formula is C31H41N3O5. The van der Waals surface area contributed by atoms with Gasteiger partial charge < -0.3 is 25.2 Å². The number of nitrogens with zero attached hydrogens (tertiary/aromatic N) is 1. The Morgan fingerprint density at radius 1 is 1.10 bits per heavy atom. The summed E-state index contributed by atoms with van der Waals surface area (Å²) in [7, 11) is 0. The van der Waals surface area contributed by atoms with Crippen LogP contribution in [-0.4, -0.2) is 71.9 Å². The molecular weight excluding hydrogens is 494 g/mol. The predicted molar refractivity (Wildman–Crippen MR) is 149 cm³/mol. The van der Waals surface area contributed by atoms with E-state index in [4.69, 9.17) is 9.47 Å². The van der Waals surface area contributed by atoms with Crippen LogP contribution in [0.4, 0.5) is 0 Å². The first-order valence-electron chi connectivity index (χ1n) is 14.3. The van der Waals surface area contributed by atoms with Crippen LogP contribution in [0, 0.1) is 6.92 Å². The second kappa shape index (κ2) is 12.1. The van der Waals surface area contributed by atoms with Gasteiger partial charge in [-0.2, -0.15) is 0 Å². The van der Waals surface area contributed by atoms with Crippen LogP contribution < -0.4 is 15.4 Å². The van der Waals surface area contributed by atoms with Gasteiger partial charge in [-0.05, 0) is 60.9 Å². The van der Waals surface area contributed by atoms with Crippen molar-refractivity contribution in [3.8, 4) is 5.75 Å². The number of aliphatic hydroxyl groups is 1. The normalized spacial score (nSPS) is 28.4. The van der Waals surface area contributed by atoms with Gasteiger partial charge in [-0.15, -0.1) is 0 Å². The lowest BCUT2D eigenvalue weighted by Gasteiger charge is -2.34. The molecule has 3 aliphatic rings. The molecule has 5 atom stereocenters. The minimum atomic E-state index is -0.616. The number of fused-ring (bicyclic) bond motifs is 5. The summed E-state index contributed by atoms with van der Waals surface area (Å²) in [6, 6.07) is 13.4. The number of ether oxygens (including phenoxy) is 2. The summed E-state index contributed by atoms with van der Waals surface area (Å²) in [6.07, 6.45) is 1.33. The molecule has 39 heavy (non-hydrogen) atoms. The molecule has 2 aromatic carbocycles. The highest BCUT2D eigenvalue weighted by molar-refractivity contribution is 5.97. The van der Waals surface area contributed by atoms with E-state index in [1.807, 2.05) is 30.3 Å². The summed E-state index contributed by atoms with van der Waals surface area (Å²) in [4.78, 5) is 29.1. The van der Waals surface area contributed by atoms with Crippen molar-refractivity contribution >= 4 is 11.8 Å². The van der Waals surface area contributed by atoms with Crippen molar-refractivity contribution in [1.82, 2.24) is 15.5 Å². The second-order valence-electron chi connectivity index (χ2n) is 11.5. The van der Waals surface area contributed by atoms with Crippen LogP contribution in [0.3, 0.4) is 0 Å². The number of amides is 2. The zero-order valence-electron chi connectivity index (χ0n) is 23.2. The molecule has 2 amide bonds. The largest absolute Gasteiger partial charge is 0.493 e. The smallest absolute Gasteiger partial charge is 0.255 e. The number of rotatable bonds is 3. The number of likely N-dealkylation sites (tertiary alicyclic amines) is 1. The Labute approximate surface area is 231 Å². The molecule has 4 bridgehead atoms. The molecule has 8 heteroatoms. The lowest BCUT2D eigenvalue weighted by atomic mass is 9.99. The fourth-order valence-corrected chi connectivity index (χ4v) is 5.89. The number of hydrogen-bond acceptors (Lipinski definition) is 6. The van der Waals surface area contributed by atoms with Gasteiger partial charge in [0.1, 0.15) is 11.9 Å². The van der Waals surface area contributed by atoms with E-state index in [1.54, 1.807) is 0 Å². The summed E-state index contributed by atoms with van der Waals surface area (Å²) in [5.74, 6) is 0.583. The van der Waals surface area contributed by atoms with Crippen molar-refractivity contribution in [3.63, 3.8) is 0 Å². The molecule has 0 saturated carbocycles. The van der Waals surface area contributed by atoms with Crippen molar-refractivity contribution in [3.05, 3.63) is 64.7 Å². The second-order valence-corrected chi connectivity index (χ2v) is 11.5. The minimum Gasteiger partial charge on any atom is -0.493 e. The molecule has 0 aromatic heterocycles. The average Bonchev–Trinajstić information content (AvgIpc) is 3.31. The maximum absolute atomic E-state index is 13.5. The van der Waals surface area contributed by atoms with Crippen molar-refractivity contribution in [2.45, 2.75) is 89.3 Å². The van der Waals surface area contributed by atoms with E-state index in [0.29, 0.717) is 56.2 Å². The highest BCUT2D eigenvalue weighted by atomic mass is 16.5. The summed E-state index contributed by atoms with van der Waals surface area (Å²) in [5, 5.41) is 16.8. The average molecular weight is 536 g/mol. The molecule has 0 radical (unpaired) electrons. The number of benzene rings is 2. The van der Waals surface area contributed by atoms with Gasteiger partial charge in [0, 0.05) is 32.1 Å². The van der Waals surface area contributed by atoms with Crippen LogP contribution in [0.15, 0.2) is 42.5 Å². The molecule has 3 heterocycles. The van der Waals surface area contributed by atoms with Gasteiger partial charge in [-0.3, -0.25) is 14.5 Å². The number of aliphatic hydroxyl groups excluding tert-OH is 1. The third-order valence-corrected chi connectivity index (χ3v) is 8.35. The van der Waals surface area contributed by atoms with Gasteiger partial charge in [-0.1, -0.05) is 44.2 Å². The van der Waals surface area contributed by atoms with E-state index >= 15 is 0 Å². The van der Waals surface area contributed by atoms with Gasteiger partial charge >= 0.3 is 0 Å². The molecule has 0 spiro atoms. The standard InChI is InChI=1S/C31H41N3O5/c1-19(2)21-8-10-25-28(14-21)38-13-12-24-9-11-27(35)29(39-24)16-32-31(37)26-15-23(33-30(25)36)18-34(26)17-22-7-5-4-6-20(22)3/h4-8,10,14,19,23-24,26-27,29,35H,9,11-13,15-18H2,1-3H3,(H,32,37)(H,33,36)/t23-,24-,26-,27-,29+/m0/s1. The molecule has 210 valence electrons. The minimum absolute atomic E-state index is 0.0813. The number of aryl methyl sites for hydroxylation is 1. The molecule has 3 aliphatic heterocycles. The number of nitrogens with one attached hydrogen (secondary N) is 2. The lowest BCUT2D eigenvalue weighted by Crippen LogP contribution is -2.50. The Morgan fingerprint density at radius 2 is 1.92 bits per heavy atom. The van der Waals surface area contributed by atoms with E-state index in [2.05, 4.69) is 48.4 Å². The first-order valence-corrected chi connectivity index (χ1v) is 14.3. The van der Waals surface area contributed by atoms with E-state index in [0.717, 1.165) is 17.5 Å². The van der Waals surface area contributed by atoms with Gasteiger partial charge in [0.2, 0.25) is 5.91 Å². The molecule has 0 unspecified atom stereocenters. The first-order chi connectivity index (χ1) is 18.8. The Morgan fingerprint density at radius 3 is 2.72 bits per heavy atom. The van der Waals surface area contributed by atoms with Gasteiger partial charge in [0.25, 0.3) is 5.91 Å². The first kappa shape index (κ1) is 27.6. The van der Waals surface area contributed by atoms with E-state index in [9.17, 15) is 14.7 Å². The topological polar surface area (TPSA) is 100 Å². The van der Waals surface area contributed by atoms with Crippen molar-refractivity contribution < 1.29 is 24.2 Å². The molecule has 2 aromatic rings. The fourth-order valence-electron chi connectivity index (χ4n) is 5.89. The summed E-state index contributed by atoms with van der Waals surface area (Å²) in [6.45, 7) is 8.13. The van der Waals surface area contributed by atoms with Gasteiger partial charge in [0.15, 0.2) is 0 Å². The Kier molecular flexibility index (Phi) is 8.54. The number of carbonyl (C=O) groups is 2. The van der Waals surface area contributed by atoms with Crippen LogP contribution in [0.25, 0.3) is 0 Å². The van der Waals surface area contributed by atoms with Crippen molar-refractivity contribution in [2.24, 2.45) is 0 Å². The van der Waals surface area contributed by atoms with Crippen LogP contribution in [0.5, 0.6) is 5.75 Å². The Balaban J connectivity index is 1.43. The third-order valence-electron chi connectivity index (χ3n) is 8.35. The lowest BCUT2D eigenvalue weighted by molar-refractivity contribution is -0.133. The Bertz CT molecular complexity index is 1180. The van der Waals surface area contributed by atoms with E-state index in [-0.39, 0.29) is 30.5 Å². The molecule has 2 fully saturated rings. The Hall–Kier alpha value is -2.94. The molecule has 5 rings (SSSR count). The van der Waals surface area contributed by atoms with Crippen LogP contribution in [0.1, 0.15) is 72.5 Å².